The fraction of sp³-hybridized carbons (Fsp3) is 0.891. The van der Waals surface area contributed by atoms with Gasteiger partial charge >= 0.3 is 17.9 Å². The zero-order valence-corrected chi connectivity index (χ0v) is 47.3. The number of ether oxygens (including phenoxy) is 3. The Kier molecular flexibility index (Phi) is 57.7. The molecule has 412 valence electrons. The summed E-state index contributed by atoms with van der Waals surface area (Å²) in [5.41, 5.74) is 0. The zero-order chi connectivity index (χ0) is 50.7. The van der Waals surface area contributed by atoms with Gasteiger partial charge in [-0.3, -0.25) is 14.4 Å². The van der Waals surface area contributed by atoms with Gasteiger partial charge in [0.15, 0.2) is 6.10 Å². The lowest BCUT2D eigenvalue weighted by Crippen LogP contribution is -2.30. The van der Waals surface area contributed by atoms with Gasteiger partial charge in [-0.15, -0.1) is 0 Å². The fourth-order valence-electron chi connectivity index (χ4n) is 9.48. The Hall–Kier alpha value is -2.11. The molecule has 1 atom stereocenters. The van der Waals surface area contributed by atoms with Gasteiger partial charge in [-0.2, -0.15) is 0 Å². The minimum atomic E-state index is -0.764. The number of rotatable bonds is 58. The Balaban J connectivity index is 4.06. The standard InChI is InChI=1S/C64H120O6/c1-4-7-10-13-16-18-20-22-24-26-28-29-30-31-32-33-34-35-36-38-39-41-43-45-48-51-54-57-63(66)69-60-61(59-68-62(65)56-53-50-47-15-12-9-6-3)70-64(67)58-55-52-49-46-44-42-40-37-27-25-23-21-19-17-14-11-8-5-2/h20,22,26,28,61H,4-19,21,23-25,27,29-60H2,1-3H3/b22-20-,28-26-. The van der Waals surface area contributed by atoms with Crippen LogP contribution in [0.1, 0.15) is 348 Å². The number of hydrogen-bond acceptors (Lipinski definition) is 6. The highest BCUT2D eigenvalue weighted by Gasteiger charge is 2.19. The van der Waals surface area contributed by atoms with E-state index in [0.717, 1.165) is 64.2 Å². The lowest BCUT2D eigenvalue weighted by Gasteiger charge is -2.18. The number of hydrogen-bond donors (Lipinski definition) is 0. The van der Waals surface area contributed by atoms with E-state index in [-0.39, 0.29) is 31.1 Å². The molecule has 0 saturated carbocycles. The highest BCUT2D eigenvalue weighted by Crippen LogP contribution is 2.18. The molecule has 0 aromatic carbocycles. The van der Waals surface area contributed by atoms with Crippen LogP contribution in [-0.4, -0.2) is 37.2 Å². The van der Waals surface area contributed by atoms with Crippen LogP contribution in [0.4, 0.5) is 0 Å². The largest absolute Gasteiger partial charge is 0.462 e. The molecule has 70 heavy (non-hydrogen) atoms. The summed E-state index contributed by atoms with van der Waals surface area (Å²) in [7, 11) is 0. The monoisotopic (exact) mass is 985 g/mol. The predicted molar refractivity (Wildman–Crippen MR) is 303 cm³/mol. The third-order valence-electron chi connectivity index (χ3n) is 14.2. The Morgan fingerprint density at radius 2 is 0.514 bits per heavy atom. The normalized spacial score (nSPS) is 12.1. The molecule has 0 N–H and O–H groups in total. The molecule has 0 rings (SSSR count). The van der Waals surface area contributed by atoms with Crippen LogP contribution in [0, 0.1) is 0 Å². The summed E-state index contributed by atoms with van der Waals surface area (Å²) < 4.78 is 16.8. The molecule has 0 heterocycles. The second-order valence-electron chi connectivity index (χ2n) is 21.3. The van der Waals surface area contributed by atoms with Crippen molar-refractivity contribution in [3.8, 4) is 0 Å². The third-order valence-corrected chi connectivity index (χ3v) is 14.2. The Morgan fingerprint density at radius 1 is 0.286 bits per heavy atom. The lowest BCUT2D eigenvalue weighted by molar-refractivity contribution is -0.167. The number of unbranched alkanes of at least 4 members (excludes halogenated alkanes) is 43. The molecule has 0 aromatic heterocycles. The van der Waals surface area contributed by atoms with Crippen LogP contribution >= 0.6 is 0 Å². The highest BCUT2D eigenvalue weighted by molar-refractivity contribution is 5.71. The smallest absolute Gasteiger partial charge is 0.306 e. The van der Waals surface area contributed by atoms with Crippen LogP contribution in [0.2, 0.25) is 0 Å². The average Bonchev–Trinajstić information content (AvgIpc) is 3.36. The van der Waals surface area contributed by atoms with Gasteiger partial charge < -0.3 is 14.2 Å². The van der Waals surface area contributed by atoms with Gasteiger partial charge in [-0.05, 0) is 51.4 Å². The van der Waals surface area contributed by atoms with E-state index in [1.807, 2.05) is 0 Å². The van der Waals surface area contributed by atoms with Crippen molar-refractivity contribution >= 4 is 17.9 Å². The zero-order valence-electron chi connectivity index (χ0n) is 47.3. The SMILES string of the molecule is CCCCCCC/C=C\C/C=C\CCCCCCCCCCCCCCCCCC(=O)OCC(COC(=O)CCCCCCCCC)OC(=O)CCCCCCCCCCCCCCCCCCCC. The molecular formula is C64H120O6. The molecule has 0 spiro atoms. The van der Waals surface area contributed by atoms with Gasteiger partial charge in [0.2, 0.25) is 0 Å². The van der Waals surface area contributed by atoms with E-state index in [0.29, 0.717) is 19.3 Å². The van der Waals surface area contributed by atoms with Gasteiger partial charge in [0.05, 0.1) is 0 Å². The Bertz CT molecular complexity index is 1130. The maximum absolute atomic E-state index is 12.8. The molecule has 0 saturated heterocycles. The van der Waals surface area contributed by atoms with Crippen molar-refractivity contribution in [2.24, 2.45) is 0 Å². The van der Waals surface area contributed by atoms with E-state index in [9.17, 15) is 14.4 Å². The maximum atomic E-state index is 12.8. The molecule has 0 bridgehead atoms. The lowest BCUT2D eigenvalue weighted by atomic mass is 10.0. The second kappa shape index (κ2) is 59.5. The van der Waals surface area contributed by atoms with E-state index in [1.54, 1.807) is 0 Å². The minimum Gasteiger partial charge on any atom is -0.462 e. The van der Waals surface area contributed by atoms with Crippen molar-refractivity contribution in [1.82, 2.24) is 0 Å². The molecule has 0 fully saturated rings. The average molecular weight is 986 g/mol. The highest BCUT2D eigenvalue weighted by atomic mass is 16.6. The summed E-state index contributed by atoms with van der Waals surface area (Å²) in [6, 6.07) is 0. The number of esters is 3. The second-order valence-corrected chi connectivity index (χ2v) is 21.3. The van der Waals surface area contributed by atoms with Crippen LogP contribution in [0.25, 0.3) is 0 Å². The quantitative estimate of drug-likeness (QED) is 0.0261. The third kappa shape index (κ3) is 56.8. The summed E-state index contributed by atoms with van der Waals surface area (Å²) in [5.74, 6) is -0.848. The van der Waals surface area contributed by atoms with Crippen molar-refractivity contribution in [2.75, 3.05) is 13.2 Å². The first-order valence-corrected chi connectivity index (χ1v) is 31.3. The molecule has 6 heteroatoms. The summed E-state index contributed by atoms with van der Waals surface area (Å²) in [5, 5.41) is 0. The molecule has 0 aromatic rings. The van der Waals surface area contributed by atoms with Crippen molar-refractivity contribution in [3.63, 3.8) is 0 Å². The van der Waals surface area contributed by atoms with Crippen molar-refractivity contribution in [1.29, 1.82) is 0 Å². The molecule has 0 aliphatic heterocycles. The first kappa shape index (κ1) is 67.9. The topological polar surface area (TPSA) is 78.9 Å². The fourth-order valence-corrected chi connectivity index (χ4v) is 9.48. The number of allylic oxidation sites excluding steroid dienone is 4. The number of carbonyl (C=O) groups excluding carboxylic acids is 3. The van der Waals surface area contributed by atoms with Gasteiger partial charge in [-0.1, -0.05) is 302 Å². The van der Waals surface area contributed by atoms with E-state index < -0.39 is 6.10 Å². The van der Waals surface area contributed by atoms with Gasteiger partial charge in [0, 0.05) is 19.3 Å². The molecule has 0 aliphatic carbocycles. The molecule has 6 nitrogen and oxygen atoms in total. The molecular weight excluding hydrogens is 865 g/mol. The van der Waals surface area contributed by atoms with Crippen molar-refractivity contribution < 1.29 is 28.6 Å². The maximum Gasteiger partial charge on any atom is 0.306 e. The van der Waals surface area contributed by atoms with Crippen molar-refractivity contribution in [2.45, 2.75) is 354 Å². The van der Waals surface area contributed by atoms with E-state index >= 15 is 0 Å². The Labute approximate surface area is 436 Å². The van der Waals surface area contributed by atoms with Crippen LogP contribution in [0.3, 0.4) is 0 Å². The summed E-state index contributed by atoms with van der Waals surface area (Å²) >= 11 is 0. The Morgan fingerprint density at radius 3 is 0.786 bits per heavy atom. The van der Waals surface area contributed by atoms with Gasteiger partial charge in [0.1, 0.15) is 13.2 Å². The van der Waals surface area contributed by atoms with E-state index in [2.05, 4.69) is 45.1 Å². The van der Waals surface area contributed by atoms with Crippen LogP contribution in [0.5, 0.6) is 0 Å². The summed E-state index contributed by atoms with van der Waals surface area (Å²) in [4.78, 5) is 38.0. The van der Waals surface area contributed by atoms with Gasteiger partial charge in [-0.25, -0.2) is 0 Å². The minimum absolute atomic E-state index is 0.0654. The van der Waals surface area contributed by atoms with E-state index in [1.165, 1.54) is 244 Å². The first-order chi connectivity index (χ1) is 34.5. The summed E-state index contributed by atoms with van der Waals surface area (Å²) in [6.07, 6.45) is 70.7. The van der Waals surface area contributed by atoms with Gasteiger partial charge in [0.25, 0.3) is 0 Å². The van der Waals surface area contributed by atoms with Crippen LogP contribution in [-0.2, 0) is 28.6 Å². The number of carbonyl (C=O) groups is 3. The molecule has 0 aliphatic rings. The first-order valence-electron chi connectivity index (χ1n) is 31.3. The molecule has 0 radical (unpaired) electrons. The molecule has 1 unspecified atom stereocenters. The van der Waals surface area contributed by atoms with E-state index in [4.69, 9.17) is 14.2 Å². The predicted octanol–water partition coefficient (Wildman–Crippen LogP) is 21.1. The van der Waals surface area contributed by atoms with Crippen LogP contribution in [0.15, 0.2) is 24.3 Å². The summed E-state index contributed by atoms with van der Waals surface area (Å²) in [6.45, 7) is 6.65. The van der Waals surface area contributed by atoms with Crippen LogP contribution < -0.4 is 0 Å². The molecule has 0 amide bonds. The van der Waals surface area contributed by atoms with Crippen molar-refractivity contribution in [3.05, 3.63) is 24.3 Å².